The largest absolute Gasteiger partial charge is 0.398 e. The van der Waals surface area contributed by atoms with Crippen LogP contribution in [-0.2, 0) is 14.8 Å². The average Bonchev–Trinajstić information content (AvgIpc) is 2.84. The minimum absolute atomic E-state index is 0.111. The highest BCUT2D eigenvalue weighted by Gasteiger charge is 2.30. The van der Waals surface area contributed by atoms with E-state index in [1.807, 2.05) is 25.1 Å². The fraction of sp³-hybridized carbons (Fsp3) is 0.333. The van der Waals surface area contributed by atoms with Gasteiger partial charge in [0.25, 0.3) is 0 Å². The highest BCUT2D eigenvalue weighted by atomic mass is 32.2. The van der Waals surface area contributed by atoms with Crippen molar-refractivity contribution in [2.45, 2.75) is 30.4 Å². The van der Waals surface area contributed by atoms with Crippen LogP contribution in [0.2, 0.25) is 0 Å². The maximum Gasteiger partial charge on any atom is 0.241 e. The third-order valence-corrected chi connectivity index (χ3v) is 5.44. The first-order chi connectivity index (χ1) is 9.99. The lowest BCUT2D eigenvalue weighted by molar-refractivity contribution is 0.117. The number of rotatable bonds is 3. The fourth-order valence-electron chi connectivity index (χ4n) is 2.68. The predicted molar refractivity (Wildman–Crippen MR) is 82.5 cm³/mol. The Kier molecular flexibility index (Phi) is 3.61. The Morgan fingerprint density at radius 3 is 2.57 bits per heavy atom. The highest BCUT2D eigenvalue weighted by molar-refractivity contribution is 7.89. The Bertz CT molecular complexity index is 774. The molecule has 2 atom stereocenters. The zero-order valence-corrected chi connectivity index (χ0v) is 12.6. The van der Waals surface area contributed by atoms with Crippen molar-refractivity contribution in [3.05, 3.63) is 36.4 Å². The van der Waals surface area contributed by atoms with E-state index in [0.29, 0.717) is 24.1 Å². The number of anilines is 1. The van der Waals surface area contributed by atoms with E-state index in [0.717, 1.165) is 5.39 Å². The summed E-state index contributed by atoms with van der Waals surface area (Å²) in [6.45, 7) is 2.46. The second kappa shape index (κ2) is 5.29. The van der Waals surface area contributed by atoms with Crippen molar-refractivity contribution in [2.75, 3.05) is 12.3 Å². The molecule has 0 bridgehead atoms. The minimum atomic E-state index is -3.61. The van der Waals surface area contributed by atoms with E-state index < -0.39 is 10.0 Å². The average molecular weight is 306 g/mol. The van der Waals surface area contributed by atoms with Gasteiger partial charge in [-0.3, -0.25) is 0 Å². The number of nitrogens with one attached hydrogen (secondary N) is 1. The molecule has 0 aromatic heterocycles. The molecule has 0 amide bonds. The van der Waals surface area contributed by atoms with Crippen LogP contribution in [0.4, 0.5) is 5.69 Å². The number of nitrogen functional groups attached to an aromatic ring is 1. The van der Waals surface area contributed by atoms with Crippen molar-refractivity contribution in [1.29, 1.82) is 0 Å². The van der Waals surface area contributed by atoms with Crippen LogP contribution in [0.1, 0.15) is 13.3 Å². The summed E-state index contributed by atoms with van der Waals surface area (Å²) < 4.78 is 33.4. The maximum atomic E-state index is 12.7. The molecule has 5 nitrogen and oxygen atoms in total. The molecule has 0 spiro atoms. The van der Waals surface area contributed by atoms with E-state index in [9.17, 15) is 8.42 Å². The van der Waals surface area contributed by atoms with Gasteiger partial charge in [-0.2, -0.15) is 0 Å². The summed E-state index contributed by atoms with van der Waals surface area (Å²) in [6.07, 6.45) is 0.577. The normalized spacial score (nSPS) is 22.7. The summed E-state index contributed by atoms with van der Waals surface area (Å²) in [6, 6.07) is 10.2. The maximum absolute atomic E-state index is 12.7. The van der Waals surface area contributed by atoms with E-state index in [4.69, 9.17) is 10.5 Å². The molecule has 2 aromatic rings. The molecular weight excluding hydrogens is 288 g/mol. The molecule has 21 heavy (non-hydrogen) atoms. The van der Waals surface area contributed by atoms with Crippen LogP contribution in [0, 0.1) is 0 Å². The molecule has 1 saturated heterocycles. The number of ether oxygens (including phenoxy) is 1. The van der Waals surface area contributed by atoms with Gasteiger partial charge in [0.2, 0.25) is 10.0 Å². The van der Waals surface area contributed by atoms with E-state index >= 15 is 0 Å². The van der Waals surface area contributed by atoms with Crippen LogP contribution in [0.25, 0.3) is 10.8 Å². The van der Waals surface area contributed by atoms with Gasteiger partial charge in [0.15, 0.2) is 0 Å². The second-order valence-corrected chi connectivity index (χ2v) is 6.97. The number of hydrogen-bond acceptors (Lipinski definition) is 4. The Labute approximate surface area is 124 Å². The molecule has 3 N–H and O–H groups in total. The molecular formula is C15H18N2O3S. The van der Waals surface area contributed by atoms with Gasteiger partial charge in [0.1, 0.15) is 0 Å². The number of nitrogens with two attached hydrogens (primary N) is 1. The number of benzene rings is 2. The SMILES string of the molecule is CC1OCCC1NS(=O)(=O)c1ccc(N)c2ccccc12. The Hall–Kier alpha value is -1.63. The Morgan fingerprint density at radius 2 is 1.90 bits per heavy atom. The van der Waals surface area contributed by atoms with Crippen LogP contribution in [0.15, 0.2) is 41.3 Å². The lowest BCUT2D eigenvalue weighted by Gasteiger charge is -2.17. The molecule has 6 heteroatoms. The third kappa shape index (κ3) is 2.62. The summed E-state index contributed by atoms with van der Waals surface area (Å²) in [5, 5.41) is 1.38. The summed E-state index contributed by atoms with van der Waals surface area (Å²) >= 11 is 0. The van der Waals surface area contributed by atoms with Gasteiger partial charge in [-0.15, -0.1) is 0 Å². The highest BCUT2D eigenvalue weighted by Crippen LogP contribution is 2.28. The van der Waals surface area contributed by atoms with Gasteiger partial charge in [-0.25, -0.2) is 13.1 Å². The number of fused-ring (bicyclic) bond motifs is 1. The van der Waals surface area contributed by atoms with Crippen molar-refractivity contribution in [1.82, 2.24) is 4.72 Å². The fourth-order valence-corrected chi connectivity index (χ4v) is 4.23. The molecule has 0 radical (unpaired) electrons. The monoisotopic (exact) mass is 306 g/mol. The van der Waals surface area contributed by atoms with Crippen LogP contribution in [-0.4, -0.2) is 27.2 Å². The van der Waals surface area contributed by atoms with Crippen LogP contribution in [0.5, 0.6) is 0 Å². The zero-order chi connectivity index (χ0) is 15.0. The molecule has 3 rings (SSSR count). The molecule has 0 aliphatic carbocycles. The molecule has 1 heterocycles. The first-order valence-electron chi connectivity index (χ1n) is 6.90. The van der Waals surface area contributed by atoms with E-state index in [1.54, 1.807) is 18.2 Å². The molecule has 2 unspecified atom stereocenters. The number of hydrogen-bond donors (Lipinski definition) is 2. The lowest BCUT2D eigenvalue weighted by atomic mass is 10.1. The predicted octanol–water partition coefficient (Wildman–Crippen LogP) is 1.88. The molecule has 1 aliphatic rings. The quantitative estimate of drug-likeness (QED) is 0.848. The number of sulfonamides is 1. The van der Waals surface area contributed by atoms with Gasteiger partial charge in [0.05, 0.1) is 17.0 Å². The second-order valence-electron chi connectivity index (χ2n) is 5.29. The van der Waals surface area contributed by atoms with Gasteiger partial charge in [0, 0.05) is 23.1 Å². The van der Waals surface area contributed by atoms with Crippen molar-refractivity contribution in [2.24, 2.45) is 0 Å². The topological polar surface area (TPSA) is 81.4 Å². The van der Waals surface area contributed by atoms with Gasteiger partial charge in [-0.05, 0) is 25.5 Å². The first kappa shape index (κ1) is 14.3. The summed E-state index contributed by atoms with van der Waals surface area (Å²) in [5.41, 5.74) is 6.49. The van der Waals surface area contributed by atoms with E-state index in [1.165, 1.54) is 0 Å². The zero-order valence-electron chi connectivity index (χ0n) is 11.7. The van der Waals surface area contributed by atoms with E-state index in [-0.39, 0.29) is 17.0 Å². The summed E-state index contributed by atoms with van der Waals surface area (Å²) in [5.74, 6) is 0. The van der Waals surface area contributed by atoms with Crippen molar-refractivity contribution >= 4 is 26.5 Å². The van der Waals surface area contributed by atoms with Gasteiger partial charge >= 0.3 is 0 Å². The third-order valence-electron chi connectivity index (χ3n) is 3.89. The minimum Gasteiger partial charge on any atom is -0.398 e. The molecule has 112 valence electrons. The van der Waals surface area contributed by atoms with Crippen LogP contribution in [0.3, 0.4) is 0 Å². The van der Waals surface area contributed by atoms with Crippen molar-refractivity contribution < 1.29 is 13.2 Å². The smallest absolute Gasteiger partial charge is 0.241 e. The van der Waals surface area contributed by atoms with Gasteiger partial charge in [-0.1, -0.05) is 24.3 Å². The summed E-state index contributed by atoms with van der Waals surface area (Å²) in [7, 11) is -3.61. The molecule has 1 fully saturated rings. The van der Waals surface area contributed by atoms with E-state index in [2.05, 4.69) is 4.72 Å². The first-order valence-corrected chi connectivity index (χ1v) is 8.38. The lowest BCUT2D eigenvalue weighted by Crippen LogP contribution is -2.39. The van der Waals surface area contributed by atoms with Crippen LogP contribution >= 0.6 is 0 Å². The van der Waals surface area contributed by atoms with Crippen molar-refractivity contribution in [3.8, 4) is 0 Å². The van der Waals surface area contributed by atoms with Crippen molar-refractivity contribution in [3.63, 3.8) is 0 Å². The summed E-state index contributed by atoms with van der Waals surface area (Å²) in [4.78, 5) is 0.256. The molecule has 0 saturated carbocycles. The molecule has 1 aliphatic heterocycles. The standard InChI is InChI=1S/C15H18N2O3S/c1-10-14(8-9-20-10)17-21(18,19)15-7-6-13(16)11-4-2-3-5-12(11)15/h2-7,10,14,17H,8-9,16H2,1H3. The Balaban J connectivity index is 2.05. The van der Waals surface area contributed by atoms with Crippen LogP contribution < -0.4 is 10.5 Å². The molecule has 2 aromatic carbocycles. The van der Waals surface area contributed by atoms with Gasteiger partial charge < -0.3 is 10.5 Å². The Morgan fingerprint density at radius 1 is 1.19 bits per heavy atom.